The van der Waals surface area contributed by atoms with Gasteiger partial charge < -0.3 is 10.1 Å². The van der Waals surface area contributed by atoms with E-state index in [-0.39, 0.29) is 5.91 Å². The fraction of sp³-hybridized carbons (Fsp3) is 0.143. The zero-order valence-electron chi connectivity index (χ0n) is 10.6. The van der Waals surface area contributed by atoms with Crippen molar-refractivity contribution in [3.63, 3.8) is 0 Å². The van der Waals surface area contributed by atoms with E-state index in [1.54, 1.807) is 24.4 Å². The van der Waals surface area contributed by atoms with E-state index in [1.165, 1.54) is 7.11 Å². The number of halogens is 1. The number of nitrogens with one attached hydrogen (secondary N) is 1. The van der Waals surface area contributed by atoms with Gasteiger partial charge in [-0.3, -0.25) is 4.79 Å². The first kappa shape index (κ1) is 13.5. The monoisotopic (exact) mass is 320 g/mol. The molecular weight excluding hydrogens is 308 g/mol. The summed E-state index contributed by atoms with van der Waals surface area (Å²) in [7, 11) is 1.54. The summed E-state index contributed by atoms with van der Waals surface area (Å²) in [4.78, 5) is 16.3. The summed E-state index contributed by atoms with van der Waals surface area (Å²) < 4.78 is 6.09. The summed E-state index contributed by atoms with van der Waals surface area (Å²) in [5.74, 6) is 0.741. The summed E-state index contributed by atoms with van der Waals surface area (Å²) in [5.41, 5.74) is 1.50. The van der Waals surface area contributed by atoms with Crippen LogP contribution in [0, 0.1) is 6.92 Å². The lowest BCUT2D eigenvalue weighted by Gasteiger charge is -2.10. The predicted octanol–water partition coefficient (Wildman–Crippen LogP) is 3.41. The van der Waals surface area contributed by atoms with E-state index < -0.39 is 0 Å². The fourth-order valence-corrected chi connectivity index (χ4v) is 2.18. The first-order valence-electron chi connectivity index (χ1n) is 5.68. The number of ether oxygens (including phenoxy) is 1. The summed E-state index contributed by atoms with van der Waals surface area (Å²) >= 11 is 3.37. The van der Waals surface area contributed by atoms with Gasteiger partial charge in [0.15, 0.2) is 11.6 Å². The molecule has 5 heteroatoms. The third kappa shape index (κ3) is 3.12. The Labute approximate surface area is 119 Å². The van der Waals surface area contributed by atoms with Crippen LogP contribution in [0.25, 0.3) is 0 Å². The number of carbonyl (C=O) groups excluding carboxylic acids is 1. The minimum Gasteiger partial charge on any atom is -0.493 e. The Kier molecular flexibility index (Phi) is 4.16. The van der Waals surface area contributed by atoms with Crippen LogP contribution in [-0.2, 0) is 0 Å². The molecule has 19 heavy (non-hydrogen) atoms. The molecule has 1 N–H and O–H groups in total. The van der Waals surface area contributed by atoms with Gasteiger partial charge in [0.1, 0.15) is 0 Å². The van der Waals surface area contributed by atoms with Crippen LogP contribution < -0.4 is 10.1 Å². The average Bonchev–Trinajstić information content (AvgIpc) is 2.39. The molecule has 4 nitrogen and oxygen atoms in total. The Bertz CT molecular complexity index is 614. The Morgan fingerprint density at radius 2 is 2.16 bits per heavy atom. The molecule has 0 aliphatic carbocycles. The molecule has 0 spiro atoms. The van der Waals surface area contributed by atoms with Gasteiger partial charge in [-0.15, -0.1) is 0 Å². The number of aryl methyl sites for hydroxylation is 1. The maximum atomic E-state index is 12.2. The van der Waals surface area contributed by atoms with E-state index in [0.29, 0.717) is 17.1 Å². The summed E-state index contributed by atoms with van der Waals surface area (Å²) in [5, 5.41) is 2.75. The van der Waals surface area contributed by atoms with Gasteiger partial charge in [-0.2, -0.15) is 0 Å². The Morgan fingerprint density at radius 3 is 2.84 bits per heavy atom. The van der Waals surface area contributed by atoms with E-state index >= 15 is 0 Å². The molecule has 0 radical (unpaired) electrons. The van der Waals surface area contributed by atoms with E-state index in [9.17, 15) is 4.79 Å². The largest absolute Gasteiger partial charge is 0.493 e. The Hall–Kier alpha value is -1.88. The first-order valence-corrected chi connectivity index (χ1v) is 6.47. The quantitative estimate of drug-likeness (QED) is 0.942. The van der Waals surface area contributed by atoms with Gasteiger partial charge in [0.25, 0.3) is 5.91 Å². The number of nitrogens with zero attached hydrogens (tertiary/aromatic N) is 1. The molecule has 0 fully saturated rings. The van der Waals surface area contributed by atoms with Crippen LogP contribution in [0.1, 0.15) is 15.9 Å². The normalized spacial score (nSPS) is 10.1. The van der Waals surface area contributed by atoms with Crippen molar-refractivity contribution in [3.05, 3.63) is 52.1 Å². The number of rotatable bonds is 3. The minimum absolute atomic E-state index is 0.206. The van der Waals surface area contributed by atoms with E-state index in [1.807, 2.05) is 19.1 Å². The maximum absolute atomic E-state index is 12.2. The number of pyridine rings is 1. The SMILES string of the molecule is COc1cccnc1NC(=O)c1ccc(Br)cc1C. The molecular formula is C14H13BrN2O2. The van der Waals surface area contributed by atoms with Gasteiger partial charge in [0.05, 0.1) is 7.11 Å². The summed E-state index contributed by atoms with van der Waals surface area (Å²) in [6.07, 6.45) is 1.60. The zero-order valence-corrected chi connectivity index (χ0v) is 12.2. The third-order valence-corrected chi connectivity index (χ3v) is 3.15. The van der Waals surface area contributed by atoms with Crippen molar-refractivity contribution in [2.24, 2.45) is 0 Å². The number of amides is 1. The number of carbonyl (C=O) groups is 1. The van der Waals surface area contributed by atoms with Crippen molar-refractivity contribution >= 4 is 27.7 Å². The lowest BCUT2D eigenvalue weighted by atomic mass is 10.1. The Morgan fingerprint density at radius 1 is 1.37 bits per heavy atom. The lowest BCUT2D eigenvalue weighted by molar-refractivity contribution is 0.102. The van der Waals surface area contributed by atoms with Crippen molar-refractivity contribution in [1.29, 1.82) is 0 Å². The molecule has 0 aliphatic rings. The van der Waals surface area contributed by atoms with Crippen molar-refractivity contribution in [2.75, 3.05) is 12.4 Å². The first-order chi connectivity index (χ1) is 9.11. The molecule has 1 aromatic carbocycles. The molecule has 0 atom stereocenters. The number of hydrogen-bond acceptors (Lipinski definition) is 3. The standard InChI is InChI=1S/C14H13BrN2O2/c1-9-8-10(15)5-6-11(9)14(18)17-13-12(19-2)4-3-7-16-13/h3-8H,1-2H3,(H,16,17,18). The van der Waals surface area contributed by atoms with Gasteiger partial charge >= 0.3 is 0 Å². The van der Waals surface area contributed by atoms with Crippen LogP contribution in [0.15, 0.2) is 41.0 Å². The average molecular weight is 321 g/mol. The second kappa shape index (κ2) is 5.84. The number of methoxy groups -OCH3 is 1. The molecule has 1 heterocycles. The summed E-state index contributed by atoms with van der Waals surface area (Å²) in [6, 6.07) is 8.99. The predicted molar refractivity (Wildman–Crippen MR) is 77.6 cm³/mol. The summed E-state index contributed by atoms with van der Waals surface area (Å²) in [6.45, 7) is 1.88. The van der Waals surface area contributed by atoms with Crippen LogP contribution in [0.5, 0.6) is 5.75 Å². The highest BCUT2D eigenvalue weighted by atomic mass is 79.9. The smallest absolute Gasteiger partial charge is 0.257 e. The van der Waals surface area contributed by atoms with Crippen molar-refractivity contribution in [2.45, 2.75) is 6.92 Å². The van der Waals surface area contributed by atoms with Crippen LogP contribution in [0.4, 0.5) is 5.82 Å². The molecule has 0 bridgehead atoms. The van der Waals surface area contributed by atoms with Gasteiger partial charge in [0.2, 0.25) is 0 Å². The second-order valence-electron chi connectivity index (χ2n) is 3.97. The number of hydrogen-bond donors (Lipinski definition) is 1. The van der Waals surface area contributed by atoms with Crippen LogP contribution >= 0.6 is 15.9 Å². The molecule has 98 valence electrons. The van der Waals surface area contributed by atoms with Gasteiger partial charge in [-0.25, -0.2) is 4.98 Å². The number of benzene rings is 1. The molecule has 1 aromatic heterocycles. The topological polar surface area (TPSA) is 51.2 Å². The van der Waals surface area contributed by atoms with E-state index in [2.05, 4.69) is 26.2 Å². The molecule has 2 aromatic rings. The second-order valence-corrected chi connectivity index (χ2v) is 4.88. The van der Waals surface area contributed by atoms with Crippen molar-refractivity contribution in [3.8, 4) is 5.75 Å². The maximum Gasteiger partial charge on any atom is 0.257 e. The minimum atomic E-state index is -0.206. The van der Waals surface area contributed by atoms with Gasteiger partial charge in [-0.1, -0.05) is 15.9 Å². The Balaban J connectivity index is 2.26. The number of aromatic nitrogens is 1. The zero-order chi connectivity index (χ0) is 13.8. The van der Waals surface area contributed by atoms with Crippen LogP contribution in [-0.4, -0.2) is 18.0 Å². The molecule has 0 unspecified atom stereocenters. The number of anilines is 1. The van der Waals surface area contributed by atoms with Crippen LogP contribution in [0.3, 0.4) is 0 Å². The van der Waals surface area contributed by atoms with Gasteiger partial charge in [0, 0.05) is 16.2 Å². The molecule has 2 rings (SSSR count). The highest BCUT2D eigenvalue weighted by molar-refractivity contribution is 9.10. The van der Waals surface area contributed by atoms with Crippen molar-refractivity contribution < 1.29 is 9.53 Å². The lowest BCUT2D eigenvalue weighted by Crippen LogP contribution is -2.15. The van der Waals surface area contributed by atoms with Crippen molar-refractivity contribution in [1.82, 2.24) is 4.98 Å². The van der Waals surface area contributed by atoms with E-state index in [0.717, 1.165) is 10.0 Å². The highest BCUT2D eigenvalue weighted by Gasteiger charge is 2.12. The highest BCUT2D eigenvalue weighted by Crippen LogP contribution is 2.22. The van der Waals surface area contributed by atoms with Gasteiger partial charge in [-0.05, 0) is 42.8 Å². The molecule has 0 saturated heterocycles. The molecule has 0 saturated carbocycles. The van der Waals surface area contributed by atoms with Crippen LogP contribution in [0.2, 0.25) is 0 Å². The fourth-order valence-electron chi connectivity index (χ4n) is 1.71. The third-order valence-electron chi connectivity index (χ3n) is 2.66. The van der Waals surface area contributed by atoms with E-state index in [4.69, 9.17) is 4.74 Å². The molecule has 0 aliphatic heterocycles. The molecule has 1 amide bonds.